The lowest BCUT2D eigenvalue weighted by atomic mass is 10.2. The van der Waals surface area contributed by atoms with Crippen LogP contribution < -0.4 is 5.32 Å². The van der Waals surface area contributed by atoms with E-state index in [-0.39, 0.29) is 5.56 Å². The Morgan fingerprint density at radius 3 is 2.70 bits per heavy atom. The summed E-state index contributed by atoms with van der Waals surface area (Å²) in [6.45, 7) is 0. The molecule has 4 rings (SSSR count). The maximum absolute atomic E-state index is 11.0. The number of hydrogen-bond donors (Lipinski definition) is 3. The summed E-state index contributed by atoms with van der Waals surface area (Å²) < 4.78 is 2.71. The van der Waals surface area contributed by atoms with E-state index in [0.717, 1.165) is 15.7 Å². The van der Waals surface area contributed by atoms with E-state index in [1.54, 1.807) is 16.6 Å². The van der Waals surface area contributed by atoms with Crippen LogP contribution in [-0.2, 0) is 0 Å². The van der Waals surface area contributed by atoms with E-state index < -0.39 is 5.97 Å². The monoisotopic (exact) mass is 371 g/mol. The summed E-state index contributed by atoms with van der Waals surface area (Å²) in [5.41, 5.74) is 2.44. The summed E-state index contributed by atoms with van der Waals surface area (Å²) in [5.74, 6) is 0.0512. The van der Waals surface area contributed by atoms with Crippen LogP contribution in [0.25, 0.3) is 16.8 Å². The highest BCUT2D eigenvalue weighted by molar-refractivity contribution is 9.10. The van der Waals surface area contributed by atoms with Gasteiger partial charge in [-0.3, -0.25) is 5.10 Å². The molecule has 2 aromatic carbocycles. The molecule has 114 valence electrons. The standard InChI is InChI=1S/C15H10BrN5O2/c16-9-2-4-10(5-3-9)17-14-19-15-18-11-7-8(13(22)23)1-6-12(11)21(15)20-14/h1-7H,(H,22,23)(H2,17,18,19,20). The third-order valence-corrected chi connectivity index (χ3v) is 3.95. The van der Waals surface area contributed by atoms with Crippen molar-refractivity contribution in [3.63, 3.8) is 0 Å². The van der Waals surface area contributed by atoms with Crippen LogP contribution in [0.1, 0.15) is 10.4 Å². The Morgan fingerprint density at radius 1 is 1.17 bits per heavy atom. The fourth-order valence-corrected chi connectivity index (χ4v) is 2.61. The molecule has 0 spiro atoms. The summed E-state index contributed by atoms with van der Waals surface area (Å²) in [5, 5.41) is 15.3. The number of aromatic nitrogens is 4. The molecule has 0 unspecified atom stereocenters. The Bertz CT molecular complexity index is 1040. The zero-order valence-electron chi connectivity index (χ0n) is 11.6. The minimum absolute atomic E-state index is 0.200. The van der Waals surface area contributed by atoms with Crippen molar-refractivity contribution in [3.05, 3.63) is 52.5 Å². The summed E-state index contributed by atoms with van der Waals surface area (Å²) in [6.07, 6.45) is 0. The molecule has 0 radical (unpaired) electrons. The van der Waals surface area contributed by atoms with Crippen LogP contribution in [0.15, 0.2) is 46.9 Å². The molecule has 23 heavy (non-hydrogen) atoms. The van der Waals surface area contributed by atoms with Crippen LogP contribution in [0.2, 0.25) is 0 Å². The molecule has 4 aromatic rings. The van der Waals surface area contributed by atoms with Gasteiger partial charge in [-0.05, 0) is 42.5 Å². The molecular formula is C15H10BrN5O2. The first-order chi connectivity index (χ1) is 11.1. The first-order valence-electron chi connectivity index (χ1n) is 6.74. The van der Waals surface area contributed by atoms with Crippen LogP contribution in [0.5, 0.6) is 0 Å². The number of imidazole rings is 1. The molecule has 0 saturated carbocycles. The van der Waals surface area contributed by atoms with Gasteiger partial charge in [-0.1, -0.05) is 15.9 Å². The van der Waals surface area contributed by atoms with Gasteiger partial charge in [0.25, 0.3) is 5.78 Å². The molecule has 0 saturated heterocycles. The Labute approximate surface area is 138 Å². The van der Waals surface area contributed by atoms with E-state index in [0.29, 0.717) is 17.2 Å². The quantitative estimate of drug-likeness (QED) is 0.512. The summed E-state index contributed by atoms with van der Waals surface area (Å²) in [4.78, 5) is 19.7. The van der Waals surface area contributed by atoms with Crippen molar-refractivity contribution in [2.45, 2.75) is 0 Å². The molecule has 2 heterocycles. The number of carboxylic acids is 1. The number of hydrogen-bond acceptors (Lipinski definition) is 4. The average Bonchev–Trinajstić information content (AvgIpc) is 3.05. The Hall–Kier alpha value is -2.87. The first-order valence-corrected chi connectivity index (χ1v) is 7.53. The van der Waals surface area contributed by atoms with Gasteiger partial charge in [-0.15, -0.1) is 0 Å². The Balaban J connectivity index is 1.73. The van der Waals surface area contributed by atoms with Gasteiger partial charge in [0.1, 0.15) is 0 Å². The Kier molecular flexibility index (Phi) is 3.05. The molecule has 2 aromatic heterocycles. The fraction of sp³-hybridized carbons (Fsp3) is 0. The van der Waals surface area contributed by atoms with Crippen molar-refractivity contribution in [1.82, 2.24) is 19.6 Å². The number of aromatic amines is 1. The Morgan fingerprint density at radius 2 is 1.96 bits per heavy atom. The van der Waals surface area contributed by atoms with Crippen LogP contribution in [0, 0.1) is 0 Å². The number of carbonyl (C=O) groups is 1. The number of nitrogens with zero attached hydrogens (tertiary/aromatic N) is 3. The van der Waals surface area contributed by atoms with Gasteiger partial charge in [0, 0.05) is 10.2 Å². The largest absolute Gasteiger partial charge is 0.478 e. The molecule has 0 aliphatic carbocycles. The number of rotatable bonds is 3. The van der Waals surface area contributed by atoms with E-state index in [4.69, 9.17) is 5.11 Å². The zero-order valence-corrected chi connectivity index (χ0v) is 13.2. The number of benzene rings is 2. The van der Waals surface area contributed by atoms with Gasteiger partial charge in [0.15, 0.2) is 0 Å². The van der Waals surface area contributed by atoms with E-state index in [1.165, 1.54) is 6.07 Å². The molecule has 0 fully saturated rings. The van der Waals surface area contributed by atoms with Crippen LogP contribution in [-0.4, -0.2) is 30.7 Å². The highest BCUT2D eigenvalue weighted by Gasteiger charge is 2.12. The lowest BCUT2D eigenvalue weighted by Gasteiger charge is -2.01. The van der Waals surface area contributed by atoms with Gasteiger partial charge in [0.05, 0.1) is 16.6 Å². The van der Waals surface area contributed by atoms with Crippen molar-refractivity contribution in [2.75, 3.05) is 5.32 Å². The smallest absolute Gasteiger partial charge is 0.335 e. The third kappa shape index (κ3) is 2.42. The van der Waals surface area contributed by atoms with Crippen molar-refractivity contribution in [1.29, 1.82) is 0 Å². The molecule has 0 aliphatic rings. The molecule has 0 atom stereocenters. The lowest BCUT2D eigenvalue weighted by molar-refractivity contribution is 0.0697. The molecule has 3 N–H and O–H groups in total. The summed E-state index contributed by atoms with van der Waals surface area (Å²) in [7, 11) is 0. The number of nitrogens with one attached hydrogen (secondary N) is 2. The number of halogens is 1. The maximum atomic E-state index is 11.0. The number of fused-ring (bicyclic) bond motifs is 3. The van der Waals surface area contributed by atoms with Crippen molar-refractivity contribution < 1.29 is 9.90 Å². The molecule has 0 aliphatic heterocycles. The van der Waals surface area contributed by atoms with Gasteiger partial charge in [0.2, 0.25) is 5.95 Å². The van der Waals surface area contributed by atoms with Crippen LogP contribution in [0.4, 0.5) is 11.6 Å². The summed E-state index contributed by atoms with van der Waals surface area (Å²) >= 11 is 3.39. The van der Waals surface area contributed by atoms with E-state index in [9.17, 15) is 4.79 Å². The van der Waals surface area contributed by atoms with Gasteiger partial charge < -0.3 is 10.4 Å². The predicted octanol–water partition coefficient (Wildman–Crippen LogP) is 3.41. The van der Waals surface area contributed by atoms with Gasteiger partial charge in [-0.25, -0.2) is 14.3 Å². The lowest BCUT2D eigenvalue weighted by Crippen LogP contribution is -1.96. The predicted molar refractivity (Wildman–Crippen MR) is 89.2 cm³/mol. The van der Waals surface area contributed by atoms with Crippen LogP contribution >= 0.6 is 15.9 Å². The fourth-order valence-electron chi connectivity index (χ4n) is 2.34. The van der Waals surface area contributed by atoms with E-state index in [1.807, 2.05) is 24.3 Å². The number of carboxylic acid groups (broad SMARTS) is 1. The number of anilines is 2. The molecule has 8 heteroatoms. The molecular weight excluding hydrogens is 362 g/mol. The zero-order chi connectivity index (χ0) is 16.0. The minimum Gasteiger partial charge on any atom is -0.478 e. The first kappa shape index (κ1) is 13.8. The van der Waals surface area contributed by atoms with Gasteiger partial charge >= 0.3 is 5.97 Å². The van der Waals surface area contributed by atoms with Gasteiger partial charge in [-0.2, -0.15) is 4.98 Å². The van der Waals surface area contributed by atoms with E-state index >= 15 is 0 Å². The maximum Gasteiger partial charge on any atom is 0.335 e. The average molecular weight is 372 g/mol. The second-order valence-corrected chi connectivity index (χ2v) is 5.88. The van der Waals surface area contributed by atoms with Crippen molar-refractivity contribution in [3.8, 4) is 0 Å². The summed E-state index contributed by atoms with van der Waals surface area (Å²) in [6, 6.07) is 12.5. The normalized spacial score (nSPS) is 11.2. The topological polar surface area (TPSA) is 95.3 Å². The second-order valence-electron chi connectivity index (χ2n) is 4.96. The molecule has 7 nitrogen and oxygen atoms in total. The van der Waals surface area contributed by atoms with E-state index in [2.05, 4.69) is 36.3 Å². The molecule has 0 amide bonds. The molecule has 0 bridgehead atoms. The van der Waals surface area contributed by atoms with Crippen LogP contribution in [0.3, 0.4) is 0 Å². The number of H-pyrrole nitrogens is 1. The highest BCUT2D eigenvalue weighted by atomic mass is 79.9. The van der Waals surface area contributed by atoms with Crippen molar-refractivity contribution >= 4 is 50.3 Å². The minimum atomic E-state index is -0.978. The second kappa shape index (κ2) is 5.10. The van der Waals surface area contributed by atoms with Crippen molar-refractivity contribution in [2.24, 2.45) is 0 Å². The SMILES string of the molecule is O=C(O)c1ccc2c(c1)nc1nc(Nc3ccc(Br)cc3)[nH]n12. The number of aromatic carboxylic acids is 1. The highest BCUT2D eigenvalue weighted by Crippen LogP contribution is 2.21. The third-order valence-electron chi connectivity index (χ3n) is 3.42.